The van der Waals surface area contributed by atoms with Crippen LogP contribution in [0.1, 0.15) is 31.9 Å². The predicted octanol–water partition coefficient (Wildman–Crippen LogP) is 3.78. The number of hydrogen-bond acceptors (Lipinski definition) is 2. The third-order valence-electron chi connectivity index (χ3n) is 2.56. The average Bonchev–Trinajstić information content (AvgIpc) is 2.25. The number of allylic oxidation sites excluding steroid dienone is 1. The Labute approximate surface area is 110 Å². The summed E-state index contributed by atoms with van der Waals surface area (Å²) >= 11 is 5.36. The molecule has 0 saturated heterocycles. The highest BCUT2D eigenvalue weighted by atomic mass is 32.1. The van der Waals surface area contributed by atoms with E-state index in [9.17, 15) is 0 Å². The SMILES string of the molecule is CN(C)/C=C/C(=S)c1ccc(C(C)(C)C)cc1. The van der Waals surface area contributed by atoms with Crippen LogP contribution in [-0.2, 0) is 5.41 Å². The highest BCUT2D eigenvalue weighted by molar-refractivity contribution is 7.81. The largest absolute Gasteiger partial charge is 0.383 e. The van der Waals surface area contributed by atoms with Crippen LogP contribution in [0.3, 0.4) is 0 Å². The van der Waals surface area contributed by atoms with E-state index in [0.717, 1.165) is 10.4 Å². The minimum Gasteiger partial charge on any atom is -0.383 e. The molecule has 2 heteroatoms. The van der Waals surface area contributed by atoms with Crippen LogP contribution < -0.4 is 0 Å². The molecule has 1 aromatic carbocycles. The smallest absolute Gasteiger partial charge is 0.0463 e. The molecule has 0 aliphatic heterocycles. The third kappa shape index (κ3) is 4.31. The van der Waals surface area contributed by atoms with Crippen LogP contribution in [0.4, 0.5) is 0 Å². The maximum absolute atomic E-state index is 5.36. The molecule has 0 N–H and O–H groups in total. The molecule has 0 unspecified atom stereocenters. The van der Waals surface area contributed by atoms with Gasteiger partial charge in [-0.05, 0) is 28.8 Å². The summed E-state index contributed by atoms with van der Waals surface area (Å²) in [5.41, 5.74) is 2.63. The second-order valence-electron chi connectivity index (χ2n) is 5.47. The standard InChI is InChI=1S/C15H21NS/c1-15(2,3)13-8-6-12(7-9-13)14(17)10-11-16(4)5/h6-11H,1-5H3/b11-10+. The van der Waals surface area contributed by atoms with E-state index < -0.39 is 0 Å². The summed E-state index contributed by atoms with van der Waals surface area (Å²) in [6.45, 7) is 6.64. The lowest BCUT2D eigenvalue weighted by atomic mass is 9.86. The van der Waals surface area contributed by atoms with Crippen molar-refractivity contribution in [3.05, 3.63) is 47.7 Å². The van der Waals surface area contributed by atoms with Crippen LogP contribution in [0.2, 0.25) is 0 Å². The molecule has 0 bridgehead atoms. The number of benzene rings is 1. The maximum atomic E-state index is 5.36. The molecular formula is C15H21NS. The molecule has 1 aromatic rings. The quantitative estimate of drug-likeness (QED) is 0.454. The van der Waals surface area contributed by atoms with E-state index in [0.29, 0.717) is 0 Å². The number of rotatable bonds is 3. The van der Waals surface area contributed by atoms with E-state index in [1.165, 1.54) is 5.56 Å². The Morgan fingerprint density at radius 3 is 2.06 bits per heavy atom. The van der Waals surface area contributed by atoms with Gasteiger partial charge >= 0.3 is 0 Å². The van der Waals surface area contributed by atoms with Gasteiger partial charge in [-0.25, -0.2) is 0 Å². The Kier molecular flexibility index (Phi) is 4.47. The molecule has 0 spiro atoms. The van der Waals surface area contributed by atoms with Crippen molar-refractivity contribution in [1.29, 1.82) is 0 Å². The van der Waals surface area contributed by atoms with E-state index in [-0.39, 0.29) is 5.41 Å². The van der Waals surface area contributed by atoms with Crippen molar-refractivity contribution < 1.29 is 0 Å². The number of thiocarbonyl (C=S) groups is 1. The fourth-order valence-electron chi connectivity index (χ4n) is 1.45. The fourth-order valence-corrected chi connectivity index (χ4v) is 1.64. The van der Waals surface area contributed by atoms with Crippen molar-refractivity contribution in [2.75, 3.05) is 14.1 Å². The lowest BCUT2D eigenvalue weighted by Crippen LogP contribution is -2.11. The maximum Gasteiger partial charge on any atom is 0.0463 e. The second-order valence-corrected chi connectivity index (χ2v) is 5.91. The molecule has 1 nitrogen and oxygen atoms in total. The van der Waals surface area contributed by atoms with Crippen molar-refractivity contribution in [2.24, 2.45) is 0 Å². The third-order valence-corrected chi connectivity index (χ3v) is 2.93. The zero-order valence-corrected chi connectivity index (χ0v) is 12.1. The zero-order valence-electron chi connectivity index (χ0n) is 11.3. The summed E-state index contributed by atoms with van der Waals surface area (Å²) in [7, 11) is 3.98. The minimum absolute atomic E-state index is 0.194. The molecule has 0 fully saturated rings. The minimum atomic E-state index is 0.194. The monoisotopic (exact) mass is 247 g/mol. The van der Waals surface area contributed by atoms with Crippen LogP contribution in [0.25, 0.3) is 0 Å². The topological polar surface area (TPSA) is 3.24 Å². The Balaban J connectivity index is 2.85. The van der Waals surface area contributed by atoms with Gasteiger partial charge in [-0.1, -0.05) is 57.3 Å². The molecule has 92 valence electrons. The van der Waals surface area contributed by atoms with Crippen molar-refractivity contribution in [1.82, 2.24) is 4.90 Å². The highest BCUT2D eigenvalue weighted by Gasteiger charge is 2.12. The molecule has 0 radical (unpaired) electrons. The lowest BCUT2D eigenvalue weighted by molar-refractivity contribution is 0.564. The van der Waals surface area contributed by atoms with Crippen molar-refractivity contribution in [3.63, 3.8) is 0 Å². The lowest BCUT2D eigenvalue weighted by Gasteiger charge is -2.19. The Bertz CT molecular complexity index is 408. The van der Waals surface area contributed by atoms with Gasteiger partial charge in [0.2, 0.25) is 0 Å². The molecule has 0 amide bonds. The Hall–Kier alpha value is -1.15. The summed E-state index contributed by atoms with van der Waals surface area (Å²) in [6, 6.07) is 8.52. The van der Waals surface area contributed by atoms with E-state index in [4.69, 9.17) is 12.2 Å². The Morgan fingerprint density at radius 2 is 1.65 bits per heavy atom. The van der Waals surface area contributed by atoms with Gasteiger partial charge in [0.25, 0.3) is 0 Å². The van der Waals surface area contributed by atoms with Gasteiger partial charge in [0.1, 0.15) is 0 Å². The van der Waals surface area contributed by atoms with Gasteiger partial charge in [-0.15, -0.1) is 0 Å². The predicted molar refractivity (Wildman–Crippen MR) is 79.7 cm³/mol. The molecule has 0 saturated carbocycles. The summed E-state index contributed by atoms with van der Waals surface area (Å²) in [6.07, 6.45) is 3.93. The van der Waals surface area contributed by atoms with Crippen molar-refractivity contribution >= 4 is 17.1 Å². The fraction of sp³-hybridized carbons (Fsp3) is 0.400. The van der Waals surface area contributed by atoms with E-state index in [1.807, 2.05) is 31.3 Å². The van der Waals surface area contributed by atoms with Crippen LogP contribution in [-0.4, -0.2) is 23.9 Å². The first-order valence-electron chi connectivity index (χ1n) is 5.80. The molecule has 0 aromatic heterocycles. The number of hydrogen-bond donors (Lipinski definition) is 0. The van der Waals surface area contributed by atoms with Crippen molar-refractivity contribution in [3.8, 4) is 0 Å². The van der Waals surface area contributed by atoms with Gasteiger partial charge in [0.05, 0.1) is 0 Å². The second kappa shape index (κ2) is 5.46. The van der Waals surface area contributed by atoms with Gasteiger partial charge in [-0.2, -0.15) is 0 Å². The molecule has 0 atom stereocenters. The Morgan fingerprint density at radius 1 is 1.12 bits per heavy atom. The van der Waals surface area contributed by atoms with Gasteiger partial charge in [0, 0.05) is 19.0 Å². The highest BCUT2D eigenvalue weighted by Crippen LogP contribution is 2.22. The first-order chi connectivity index (χ1) is 7.80. The zero-order chi connectivity index (χ0) is 13.1. The van der Waals surface area contributed by atoms with Crippen molar-refractivity contribution in [2.45, 2.75) is 26.2 Å². The van der Waals surface area contributed by atoms with Crippen LogP contribution in [0.15, 0.2) is 36.5 Å². The molecule has 1 rings (SSSR count). The first-order valence-corrected chi connectivity index (χ1v) is 6.21. The van der Waals surface area contributed by atoms with E-state index in [2.05, 4.69) is 45.0 Å². The molecule has 0 aliphatic rings. The van der Waals surface area contributed by atoms with Crippen LogP contribution in [0, 0.1) is 0 Å². The summed E-state index contributed by atoms with van der Waals surface area (Å²) in [5, 5.41) is 0. The van der Waals surface area contributed by atoms with Crippen LogP contribution in [0.5, 0.6) is 0 Å². The molecule has 17 heavy (non-hydrogen) atoms. The summed E-state index contributed by atoms with van der Waals surface area (Å²) in [5.74, 6) is 0. The molecule has 0 aliphatic carbocycles. The first kappa shape index (κ1) is 13.9. The van der Waals surface area contributed by atoms with Crippen LogP contribution >= 0.6 is 12.2 Å². The summed E-state index contributed by atoms with van der Waals surface area (Å²) < 4.78 is 0. The molecule has 0 heterocycles. The van der Waals surface area contributed by atoms with Gasteiger partial charge in [0.15, 0.2) is 0 Å². The van der Waals surface area contributed by atoms with E-state index in [1.54, 1.807) is 0 Å². The van der Waals surface area contributed by atoms with Gasteiger partial charge in [-0.3, -0.25) is 0 Å². The van der Waals surface area contributed by atoms with E-state index >= 15 is 0 Å². The normalized spacial score (nSPS) is 11.8. The molecular weight excluding hydrogens is 226 g/mol. The number of nitrogens with zero attached hydrogens (tertiary/aromatic N) is 1. The summed E-state index contributed by atoms with van der Waals surface area (Å²) in [4.78, 5) is 2.86. The van der Waals surface area contributed by atoms with Gasteiger partial charge < -0.3 is 4.90 Å². The average molecular weight is 247 g/mol.